The van der Waals surface area contributed by atoms with E-state index in [2.05, 4.69) is 5.10 Å². The SMILES string of the molecule is CN(C)/C=N/N(C=O)c1ccccc1. The van der Waals surface area contributed by atoms with Crippen LogP contribution in [-0.2, 0) is 4.79 Å². The van der Waals surface area contributed by atoms with Gasteiger partial charge in [0.05, 0.1) is 5.69 Å². The first kappa shape index (κ1) is 10.2. The van der Waals surface area contributed by atoms with Crippen LogP contribution in [0.2, 0.25) is 0 Å². The van der Waals surface area contributed by atoms with Crippen LogP contribution in [-0.4, -0.2) is 31.7 Å². The van der Waals surface area contributed by atoms with Crippen LogP contribution >= 0.6 is 0 Å². The van der Waals surface area contributed by atoms with Gasteiger partial charge in [-0.15, -0.1) is 0 Å². The van der Waals surface area contributed by atoms with E-state index in [-0.39, 0.29) is 0 Å². The van der Waals surface area contributed by atoms with Crippen molar-refractivity contribution >= 4 is 18.4 Å². The summed E-state index contributed by atoms with van der Waals surface area (Å²) in [6.07, 6.45) is 2.25. The lowest BCUT2D eigenvalue weighted by molar-refractivity contribution is -0.107. The zero-order chi connectivity index (χ0) is 10.4. The predicted molar refractivity (Wildman–Crippen MR) is 57.2 cm³/mol. The molecular formula is C10H13N3O. The van der Waals surface area contributed by atoms with Crippen molar-refractivity contribution in [2.24, 2.45) is 5.10 Å². The maximum absolute atomic E-state index is 10.7. The van der Waals surface area contributed by atoms with Crippen molar-refractivity contribution in [3.05, 3.63) is 30.3 Å². The number of amides is 1. The van der Waals surface area contributed by atoms with E-state index < -0.39 is 0 Å². The van der Waals surface area contributed by atoms with Crippen LogP contribution in [0.1, 0.15) is 0 Å². The Bertz CT molecular complexity index is 308. The van der Waals surface area contributed by atoms with Gasteiger partial charge < -0.3 is 4.90 Å². The van der Waals surface area contributed by atoms with Crippen LogP contribution in [0.5, 0.6) is 0 Å². The molecule has 74 valence electrons. The van der Waals surface area contributed by atoms with Crippen LogP contribution in [0.15, 0.2) is 35.4 Å². The summed E-state index contributed by atoms with van der Waals surface area (Å²) in [5.74, 6) is 0. The highest BCUT2D eigenvalue weighted by Crippen LogP contribution is 2.10. The molecule has 0 atom stereocenters. The van der Waals surface area contributed by atoms with Crippen molar-refractivity contribution in [3.8, 4) is 0 Å². The molecule has 0 aliphatic heterocycles. The largest absolute Gasteiger partial charge is 0.367 e. The molecule has 0 saturated heterocycles. The molecule has 1 aromatic rings. The molecule has 1 rings (SSSR count). The van der Waals surface area contributed by atoms with Gasteiger partial charge in [0.1, 0.15) is 6.34 Å². The zero-order valence-corrected chi connectivity index (χ0v) is 8.29. The first-order chi connectivity index (χ1) is 6.74. The molecule has 0 aromatic heterocycles. The second-order valence-corrected chi connectivity index (χ2v) is 2.98. The van der Waals surface area contributed by atoms with E-state index in [4.69, 9.17) is 0 Å². The Balaban J connectivity index is 2.78. The molecule has 4 nitrogen and oxygen atoms in total. The molecule has 0 bridgehead atoms. The number of hydrogen-bond donors (Lipinski definition) is 0. The van der Waals surface area contributed by atoms with Gasteiger partial charge in [-0.25, -0.2) is 5.01 Å². The maximum Gasteiger partial charge on any atom is 0.234 e. The Morgan fingerprint density at radius 3 is 2.36 bits per heavy atom. The highest BCUT2D eigenvalue weighted by Gasteiger charge is 1.99. The number of nitrogens with zero attached hydrogens (tertiary/aromatic N) is 3. The van der Waals surface area contributed by atoms with Crippen molar-refractivity contribution in [3.63, 3.8) is 0 Å². The lowest BCUT2D eigenvalue weighted by Crippen LogP contribution is -2.17. The van der Waals surface area contributed by atoms with E-state index in [1.54, 1.807) is 11.2 Å². The smallest absolute Gasteiger partial charge is 0.234 e. The fourth-order valence-electron chi connectivity index (χ4n) is 0.894. The number of rotatable bonds is 4. The number of para-hydroxylation sites is 1. The fraction of sp³-hybridized carbons (Fsp3) is 0.200. The number of hydrazone groups is 1. The summed E-state index contributed by atoms with van der Waals surface area (Å²) in [6.45, 7) is 0. The second kappa shape index (κ2) is 5.01. The van der Waals surface area contributed by atoms with Gasteiger partial charge in [-0.05, 0) is 12.1 Å². The highest BCUT2D eigenvalue weighted by molar-refractivity contribution is 5.76. The Labute approximate surface area is 83.4 Å². The molecule has 1 amide bonds. The molecule has 14 heavy (non-hydrogen) atoms. The average molecular weight is 191 g/mol. The van der Waals surface area contributed by atoms with Crippen LogP contribution in [0.25, 0.3) is 0 Å². The third-order valence-corrected chi connectivity index (χ3v) is 1.53. The summed E-state index contributed by atoms with van der Waals surface area (Å²) in [6, 6.07) is 9.25. The van der Waals surface area contributed by atoms with Gasteiger partial charge in [0.25, 0.3) is 0 Å². The fourth-order valence-corrected chi connectivity index (χ4v) is 0.894. The molecular weight excluding hydrogens is 178 g/mol. The van der Waals surface area contributed by atoms with E-state index in [0.717, 1.165) is 5.69 Å². The minimum atomic E-state index is 0.676. The van der Waals surface area contributed by atoms with Crippen LogP contribution < -0.4 is 5.01 Å². The van der Waals surface area contributed by atoms with Gasteiger partial charge in [0.2, 0.25) is 6.41 Å². The van der Waals surface area contributed by atoms with Crippen molar-refractivity contribution in [2.45, 2.75) is 0 Å². The van der Waals surface area contributed by atoms with E-state index in [9.17, 15) is 4.79 Å². The molecule has 0 aliphatic carbocycles. The van der Waals surface area contributed by atoms with E-state index in [1.807, 2.05) is 44.4 Å². The van der Waals surface area contributed by atoms with Gasteiger partial charge in [0.15, 0.2) is 0 Å². The topological polar surface area (TPSA) is 35.9 Å². The number of anilines is 1. The molecule has 1 aromatic carbocycles. The summed E-state index contributed by atoms with van der Waals surface area (Å²) in [5.41, 5.74) is 0.751. The molecule has 4 heteroatoms. The van der Waals surface area contributed by atoms with Gasteiger partial charge in [-0.3, -0.25) is 4.79 Å². The number of hydrogen-bond acceptors (Lipinski definition) is 2. The minimum Gasteiger partial charge on any atom is -0.367 e. The Morgan fingerprint density at radius 2 is 1.86 bits per heavy atom. The molecule has 0 N–H and O–H groups in total. The maximum atomic E-state index is 10.7. The van der Waals surface area contributed by atoms with Crippen molar-refractivity contribution in [2.75, 3.05) is 19.1 Å². The molecule has 0 saturated carbocycles. The summed E-state index contributed by atoms with van der Waals surface area (Å²) < 4.78 is 0. The molecule has 0 radical (unpaired) electrons. The van der Waals surface area contributed by atoms with Crippen molar-refractivity contribution in [1.82, 2.24) is 4.90 Å². The van der Waals surface area contributed by atoms with Crippen LogP contribution in [0.3, 0.4) is 0 Å². The molecule has 0 fully saturated rings. The third kappa shape index (κ3) is 2.90. The molecule has 0 aliphatic rings. The lowest BCUT2D eigenvalue weighted by Gasteiger charge is -2.11. The second-order valence-electron chi connectivity index (χ2n) is 2.98. The third-order valence-electron chi connectivity index (χ3n) is 1.53. The summed E-state index contributed by atoms with van der Waals surface area (Å²) in [4.78, 5) is 12.5. The lowest BCUT2D eigenvalue weighted by atomic mass is 10.3. The monoisotopic (exact) mass is 191 g/mol. The van der Waals surface area contributed by atoms with E-state index in [1.165, 1.54) is 5.01 Å². The summed E-state index contributed by atoms with van der Waals surface area (Å²) >= 11 is 0. The highest BCUT2D eigenvalue weighted by atomic mass is 16.1. The van der Waals surface area contributed by atoms with Crippen molar-refractivity contribution < 1.29 is 4.79 Å². The zero-order valence-electron chi connectivity index (χ0n) is 8.29. The van der Waals surface area contributed by atoms with E-state index in [0.29, 0.717) is 6.41 Å². The normalized spacial score (nSPS) is 10.1. The standard InChI is InChI=1S/C10H13N3O/c1-12(2)8-11-13(9-14)10-6-4-3-5-7-10/h3-9H,1-2H3/b11-8+. The van der Waals surface area contributed by atoms with Gasteiger partial charge in [0, 0.05) is 14.1 Å². The Hall–Kier alpha value is -1.84. The molecule has 0 heterocycles. The first-order valence-corrected chi connectivity index (χ1v) is 4.24. The quantitative estimate of drug-likeness (QED) is 0.310. The Kier molecular flexibility index (Phi) is 3.67. The van der Waals surface area contributed by atoms with Crippen LogP contribution in [0, 0.1) is 0 Å². The molecule has 0 unspecified atom stereocenters. The number of benzene rings is 1. The Morgan fingerprint density at radius 1 is 1.21 bits per heavy atom. The van der Waals surface area contributed by atoms with Gasteiger partial charge in [-0.1, -0.05) is 18.2 Å². The van der Waals surface area contributed by atoms with Crippen LogP contribution in [0.4, 0.5) is 5.69 Å². The summed E-state index contributed by atoms with van der Waals surface area (Å²) in [5, 5.41) is 5.26. The van der Waals surface area contributed by atoms with Gasteiger partial charge >= 0.3 is 0 Å². The number of carbonyl (C=O) groups excluding carboxylic acids is 1. The van der Waals surface area contributed by atoms with Crippen molar-refractivity contribution in [1.29, 1.82) is 0 Å². The van der Waals surface area contributed by atoms with E-state index >= 15 is 0 Å². The predicted octanol–water partition coefficient (Wildman–Crippen LogP) is 1.15. The minimum absolute atomic E-state index is 0.676. The first-order valence-electron chi connectivity index (χ1n) is 4.24. The molecule has 0 spiro atoms. The average Bonchev–Trinajstić information content (AvgIpc) is 2.20. The number of carbonyl (C=O) groups is 1. The van der Waals surface area contributed by atoms with Gasteiger partial charge in [-0.2, -0.15) is 5.10 Å². The summed E-state index contributed by atoms with van der Waals surface area (Å²) in [7, 11) is 3.69.